The lowest BCUT2D eigenvalue weighted by molar-refractivity contribution is 0.0656. The topological polar surface area (TPSA) is 18.5 Å². The lowest BCUT2D eigenvalue weighted by Crippen LogP contribution is -2.10. The second kappa shape index (κ2) is 5.78. The molecule has 0 aromatic heterocycles. The van der Waals surface area contributed by atoms with Gasteiger partial charge in [-0.3, -0.25) is 0 Å². The van der Waals surface area contributed by atoms with Gasteiger partial charge < -0.3 is 9.47 Å². The Bertz CT molecular complexity index is 43.7. The van der Waals surface area contributed by atoms with E-state index in [-0.39, 0.29) is 4.11 Å². The molecule has 1 unspecified atom stereocenters. The van der Waals surface area contributed by atoms with Crippen LogP contribution in [0.3, 0.4) is 0 Å². The first kappa shape index (κ1) is 8.65. The molecule has 3 heteroatoms. The normalized spacial score (nSPS) is 13.9. The van der Waals surface area contributed by atoms with Crippen molar-refractivity contribution in [3.8, 4) is 0 Å². The van der Waals surface area contributed by atoms with Crippen LogP contribution in [-0.4, -0.2) is 24.4 Å². The van der Waals surface area contributed by atoms with Gasteiger partial charge >= 0.3 is 0 Å². The van der Waals surface area contributed by atoms with E-state index in [2.05, 4.69) is 22.6 Å². The molecule has 0 radical (unpaired) electrons. The van der Waals surface area contributed by atoms with Crippen molar-refractivity contribution in [3.63, 3.8) is 0 Å². The van der Waals surface area contributed by atoms with Crippen molar-refractivity contribution in [2.75, 3.05) is 20.3 Å². The molecule has 0 aromatic rings. The molecular weight excluding hydrogens is 219 g/mol. The fourth-order valence-corrected chi connectivity index (χ4v) is 1.08. The summed E-state index contributed by atoms with van der Waals surface area (Å²) in [6.07, 6.45) is 0. The lowest BCUT2D eigenvalue weighted by atomic mass is 10.7. The predicted molar refractivity (Wildman–Crippen MR) is 41.3 cm³/mol. The fraction of sp³-hybridized carbons (Fsp3) is 1.00. The molecule has 0 saturated carbocycles. The van der Waals surface area contributed by atoms with E-state index in [0.717, 1.165) is 6.61 Å². The SMILES string of the molecule is CCOC(I)COC. The van der Waals surface area contributed by atoms with Gasteiger partial charge in [0.1, 0.15) is 4.11 Å². The lowest BCUT2D eigenvalue weighted by Gasteiger charge is -2.06. The highest BCUT2D eigenvalue weighted by molar-refractivity contribution is 14.1. The van der Waals surface area contributed by atoms with E-state index in [1.165, 1.54) is 0 Å². The molecule has 8 heavy (non-hydrogen) atoms. The van der Waals surface area contributed by atoms with Crippen LogP contribution in [0.15, 0.2) is 0 Å². The highest BCUT2D eigenvalue weighted by Crippen LogP contribution is 2.01. The van der Waals surface area contributed by atoms with E-state index in [1.54, 1.807) is 7.11 Å². The molecule has 2 nitrogen and oxygen atoms in total. The molecule has 0 aliphatic heterocycles. The van der Waals surface area contributed by atoms with Gasteiger partial charge in [-0.25, -0.2) is 0 Å². The molecule has 0 heterocycles. The Hall–Kier alpha value is 0.650. The maximum Gasteiger partial charge on any atom is 0.132 e. The Morgan fingerprint density at radius 3 is 2.62 bits per heavy atom. The van der Waals surface area contributed by atoms with Crippen LogP contribution in [-0.2, 0) is 9.47 Å². The summed E-state index contributed by atoms with van der Waals surface area (Å²) < 4.78 is 10.2. The van der Waals surface area contributed by atoms with Crippen molar-refractivity contribution in [1.82, 2.24) is 0 Å². The second-order valence-electron chi connectivity index (χ2n) is 1.32. The molecule has 0 spiro atoms. The third kappa shape index (κ3) is 4.80. The van der Waals surface area contributed by atoms with Crippen LogP contribution in [0.1, 0.15) is 6.92 Å². The Balaban J connectivity index is 2.92. The van der Waals surface area contributed by atoms with Crippen LogP contribution in [0.4, 0.5) is 0 Å². The van der Waals surface area contributed by atoms with Gasteiger partial charge in [-0.15, -0.1) is 0 Å². The van der Waals surface area contributed by atoms with E-state index in [4.69, 9.17) is 9.47 Å². The molecular formula is C5H11IO2. The largest absolute Gasteiger partial charge is 0.381 e. The molecule has 0 fully saturated rings. The zero-order valence-electron chi connectivity index (χ0n) is 5.19. The van der Waals surface area contributed by atoms with E-state index in [1.807, 2.05) is 6.92 Å². The minimum atomic E-state index is 0.211. The number of hydrogen-bond acceptors (Lipinski definition) is 2. The summed E-state index contributed by atoms with van der Waals surface area (Å²) >= 11 is 2.19. The number of ether oxygens (including phenoxy) is 2. The Labute approximate surface area is 63.7 Å². The number of hydrogen-bond donors (Lipinski definition) is 0. The van der Waals surface area contributed by atoms with Crippen molar-refractivity contribution >= 4 is 22.6 Å². The second-order valence-corrected chi connectivity index (χ2v) is 2.71. The van der Waals surface area contributed by atoms with Gasteiger partial charge in [0.15, 0.2) is 0 Å². The minimum absolute atomic E-state index is 0.211. The average Bonchev–Trinajstić information content (AvgIpc) is 1.68. The summed E-state index contributed by atoms with van der Waals surface area (Å²) in [4.78, 5) is 0. The maximum atomic E-state index is 5.14. The molecule has 1 atom stereocenters. The first-order chi connectivity index (χ1) is 3.81. The van der Waals surface area contributed by atoms with Crippen LogP contribution in [0, 0.1) is 0 Å². The summed E-state index contributed by atoms with van der Waals surface area (Å²) in [6.45, 7) is 3.41. The molecule has 0 aliphatic rings. The third-order valence-corrected chi connectivity index (χ3v) is 1.36. The van der Waals surface area contributed by atoms with Gasteiger partial charge in [-0.1, -0.05) is 0 Å². The Morgan fingerprint density at radius 2 is 2.25 bits per heavy atom. The van der Waals surface area contributed by atoms with E-state index < -0.39 is 0 Å². The van der Waals surface area contributed by atoms with E-state index in [0.29, 0.717) is 6.61 Å². The van der Waals surface area contributed by atoms with Crippen molar-refractivity contribution in [3.05, 3.63) is 0 Å². The molecule has 0 aromatic carbocycles. The first-order valence-electron chi connectivity index (χ1n) is 2.55. The van der Waals surface area contributed by atoms with Crippen LogP contribution in [0.25, 0.3) is 0 Å². The average molecular weight is 230 g/mol. The van der Waals surface area contributed by atoms with Crippen LogP contribution >= 0.6 is 22.6 Å². The number of alkyl halides is 1. The number of methoxy groups -OCH3 is 1. The Kier molecular flexibility index (Phi) is 6.25. The minimum Gasteiger partial charge on any atom is -0.381 e. The summed E-state index contributed by atoms with van der Waals surface area (Å²) in [5.74, 6) is 0. The Morgan fingerprint density at radius 1 is 1.62 bits per heavy atom. The third-order valence-electron chi connectivity index (χ3n) is 0.645. The molecule has 50 valence electrons. The molecule has 0 rings (SSSR count). The van der Waals surface area contributed by atoms with Crippen LogP contribution < -0.4 is 0 Å². The maximum absolute atomic E-state index is 5.14. The van der Waals surface area contributed by atoms with Gasteiger partial charge in [-0.2, -0.15) is 0 Å². The van der Waals surface area contributed by atoms with Gasteiger partial charge in [-0.05, 0) is 29.5 Å². The van der Waals surface area contributed by atoms with Gasteiger partial charge in [0.25, 0.3) is 0 Å². The van der Waals surface area contributed by atoms with Crippen molar-refractivity contribution in [2.24, 2.45) is 0 Å². The van der Waals surface area contributed by atoms with Crippen molar-refractivity contribution < 1.29 is 9.47 Å². The summed E-state index contributed by atoms with van der Waals surface area (Å²) in [5.41, 5.74) is 0. The number of rotatable bonds is 4. The van der Waals surface area contributed by atoms with Crippen molar-refractivity contribution in [1.29, 1.82) is 0 Å². The van der Waals surface area contributed by atoms with Crippen molar-refractivity contribution in [2.45, 2.75) is 11.0 Å². The summed E-state index contributed by atoms with van der Waals surface area (Å²) in [7, 11) is 1.67. The van der Waals surface area contributed by atoms with E-state index in [9.17, 15) is 0 Å². The van der Waals surface area contributed by atoms with Gasteiger partial charge in [0.05, 0.1) is 6.61 Å². The fourth-order valence-electron chi connectivity index (χ4n) is 0.360. The number of halogens is 1. The summed E-state index contributed by atoms with van der Waals surface area (Å²) in [5, 5.41) is 0. The van der Waals surface area contributed by atoms with Crippen LogP contribution in [0.2, 0.25) is 0 Å². The van der Waals surface area contributed by atoms with Crippen LogP contribution in [0.5, 0.6) is 0 Å². The zero-order chi connectivity index (χ0) is 6.41. The van der Waals surface area contributed by atoms with E-state index >= 15 is 0 Å². The molecule has 0 saturated heterocycles. The van der Waals surface area contributed by atoms with Gasteiger partial charge in [0.2, 0.25) is 0 Å². The monoisotopic (exact) mass is 230 g/mol. The highest BCUT2D eigenvalue weighted by atomic mass is 127. The standard InChI is InChI=1S/C5H11IO2/c1-3-8-5(6)4-7-2/h5H,3-4H2,1-2H3. The first-order valence-corrected chi connectivity index (χ1v) is 3.80. The predicted octanol–water partition coefficient (Wildman–Crippen LogP) is 1.43. The molecule has 0 bridgehead atoms. The molecule has 0 aliphatic carbocycles. The quantitative estimate of drug-likeness (QED) is 0.537. The summed E-state index contributed by atoms with van der Waals surface area (Å²) in [6, 6.07) is 0. The molecule has 0 N–H and O–H groups in total. The highest BCUT2D eigenvalue weighted by Gasteiger charge is 1.98. The molecule has 0 amide bonds. The smallest absolute Gasteiger partial charge is 0.132 e. The van der Waals surface area contributed by atoms with Gasteiger partial charge in [0, 0.05) is 13.7 Å². The zero-order valence-corrected chi connectivity index (χ0v) is 7.34.